The normalized spacial score (nSPS) is 18.4. The van der Waals surface area contributed by atoms with Crippen LogP contribution in [-0.4, -0.2) is 28.0 Å². The van der Waals surface area contributed by atoms with Crippen LogP contribution >= 0.6 is 15.9 Å². The fourth-order valence-corrected chi connectivity index (χ4v) is 1.79. The molecule has 3 nitrogen and oxygen atoms in total. The highest BCUT2D eigenvalue weighted by atomic mass is 79.9. The van der Waals surface area contributed by atoms with Gasteiger partial charge in [0.15, 0.2) is 0 Å². The molecule has 1 aliphatic heterocycles. The summed E-state index contributed by atoms with van der Waals surface area (Å²) in [5, 5.41) is 0. The molecule has 0 N–H and O–H groups in total. The smallest absolute Gasteiger partial charge is 0.124 e. The Kier molecular flexibility index (Phi) is 1.73. The van der Waals surface area contributed by atoms with Gasteiger partial charge in [-0.1, -0.05) is 0 Å². The fraction of sp³-hybridized carbons (Fsp3) is 0.571. The quantitative estimate of drug-likeness (QED) is 0.647. The number of rotatable bonds is 0. The van der Waals surface area contributed by atoms with Crippen LogP contribution in [0.15, 0.2) is 10.8 Å². The second-order valence-electron chi connectivity index (χ2n) is 2.91. The first-order chi connectivity index (χ1) is 5.25. The number of aromatic nitrogens is 2. The van der Waals surface area contributed by atoms with E-state index in [1.54, 1.807) is 0 Å². The average molecular weight is 216 g/mol. The van der Waals surface area contributed by atoms with E-state index in [1.165, 1.54) is 0 Å². The van der Waals surface area contributed by atoms with Crippen LogP contribution in [0.3, 0.4) is 0 Å². The molecule has 1 aliphatic rings. The van der Waals surface area contributed by atoms with E-state index in [2.05, 4.69) is 37.4 Å². The van der Waals surface area contributed by atoms with Crippen LogP contribution in [0.2, 0.25) is 0 Å². The lowest BCUT2D eigenvalue weighted by atomic mass is 10.4. The van der Waals surface area contributed by atoms with Crippen molar-refractivity contribution < 1.29 is 0 Å². The lowest BCUT2D eigenvalue weighted by Crippen LogP contribution is -2.30. The molecule has 1 aromatic heterocycles. The Morgan fingerprint density at radius 1 is 1.55 bits per heavy atom. The predicted octanol–water partition coefficient (Wildman–Crippen LogP) is 1.09. The topological polar surface area (TPSA) is 21.1 Å². The van der Waals surface area contributed by atoms with E-state index >= 15 is 0 Å². The largest absolute Gasteiger partial charge is 0.331 e. The molecule has 4 heteroatoms. The van der Waals surface area contributed by atoms with Gasteiger partial charge in [-0.2, -0.15) is 0 Å². The first-order valence-corrected chi connectivity index (χ1v) is 4.45. The highest BCUT2D eigenvalue weighted by Gasteiger charge is 2.13. The fourth-order valence-electron chi connectivity index (χ4n) is 1.34. The standard InChI is InChI=1S/C7H10BrN3/c1-10-2-3-11-4-6(8)9-7(11)5-10/h4H,2-3,5H2,1H3. The maximum atomic E-state index is 4.34. The van der Waals surface area contributed by atoms with E-state index in [9.17, 15) is 0 Å². The van der Waals surface area contributed by atoms with Gasteiger partial charge in [0.2, 0.25) is 0 Å². The maximum Gasteiger partial charge on any atom is 0.124 e. The van der Waals surface area contributed by atoms with Crippen molar-refractivity contribution >= 4 is 15.9 Å². The Morgan fingerprint density at radius 3 is 3.18 bits per heavy atom. The first kappa shape index (κ1) is 7.31. The van der Waals surface area contributed by atoms with Gasteiger partial charge >= 0.3 is 0 Å². The minimum Gasteiger partial charge on any atom is -0.331 e. The van der Waals surface area contributed by atoms with Crippen molar-refractivity contribution in [1.82, 2.24) is 14.5 Å². The highest BCUT2D eigenvalue weighted by molar-refractivity contribution is 9.10. The summed E-state index contributed by atoms with van der Waals surface area (Å²) < 4.78 is 3.15. The Hall–Kier alpha value is -0.350. The van der Waals surface area contributed by atoms with Crippen LogP contribution in [-0.2, 0) is 13.1 Å². The molecule has 0 aliphatic carbocycles. The van der Waals surface area contributed by atoms with Crippen LogP contribution in [0.1, 0.15) is 5.82 Å². The van der Waals surface area contributed by atoms with Crippen LogP contribution in [0.5, 0.6) is 0 Å². The van der Waals surface area contributed by atoms with Crippen molar-refractivity contribution in [3.8, 4) is 0 Å². The minimum absolute atomic E-state index is 0.947. The van der Waals surface area contributed by atoms with Crippen molar-refractivity contribution in [3.05, 3.63) is 16.6 Å². The first-order valence-electron chi connectivity index (χ1n) is 3.66. The Balaban J connectivity index is 2.34. The zero-order valence-electron chi connectivity index (χ0n) is 6.42. The second-order valence-corrected chi connectivity index (χ2v) is 3.72. The van der Waals surface area contributed by atoms with E-state index in [-0.39, 0.29) is 0 Å². The number of halogens is 1. The van der Waals surface area contributed by atoms with Gasteiger partial charge < -0.3 is 4.57 Å². The molecule has 0 saturated carbocycles. The third kappa shape index (κ3) is 1.32. The summed E-state index contributed by atoms with van der Waals surface area (Å²) in [4.78, 5) is 6.61. The van der Waals surface area contributed by atoms with Gasteiger partial charge in [-0.05, 0) is 23.0 Å². The number of likely N-dealkylation sites (N-methyl/N-ethyl adjacent to an activating group) is 1. The summed E-state index contributed by atoms with van der Waals surface area (Å²) in [5.41, 5.74) is 0. The molecule has 2 heterocycles. The van der Waals surface area contributed by atoms with E-state index < -0.39 is 0 Å². The van der Waals surface area contributed by atoms with E-state index in [0.29, 0.717) is 0 Å². The van der Waals surface area contributed by atoms with Gasteiger partial charge in [-0.25, -0.2) is 4.98 Å². The lowest BCUT2D eigenvalue weighted by molar-refractivity contribution is 0.264. The monoisotopic (exact) mass is 215 g/mol. The molecular formula is C7H10BrN3. The average Bonchev–Trinajstić information content (AvgIpc) is 2.27. The molecule has 0 fully saturated rings. The molecule has 2 rings (SSSR count). The highest BCUT2D eigenvalue weighted by Crippen LogP contribution is 2.14. The van der Waals surface area contributed by atoms with Crippen LogP contribution in [0, 0.1) is 0 Å². The number of hydrogen-bond donors (Lipinski definition) is 0. The zero-order valence-corrected chi connectivity index (χ0v) is 8.00. The molecule has 0 aromatic carbocycles. The summed E-state index contributed by atoms with van der Waals surface area (Å²) in [6.07, 6.45) is 2.04. The predicted molar refractivity (Wildman–Crippen MR) is 46.3 cm³/mol. The molecule has 0 bridgehead atoms. The van der Waals surface area contributed by atoms with Gasteiger partial charge in [0.1, 0.15) is 10.4 Å². The molecule has 0 unspecified atom stereocenters. The molecule has 0 spiro atoms. The maximum absolute atomic E-state index is 4.34. The van der Waals surface area contributed by atoms with Crippen molar-refractivity contribution in [3.63, 3.8) is 0 Å². The molecule has 0 radical (unpaired) electrons. The molecular weight excluding hydrogens is 206 g/mol. The number of imidazole rings is 1. The summed E-state index contributed by atoms with van der Waals surface area (Å²) in [7, 11) is 2.12. The number of hydrogen-bond acceptors (Lipinski definition) is 2. The SMILES string of the molecule is CN1CCn2cc(Br)nc2C1. The molecule has 11 heavy (non-hydrogen) atoms. The Bertz CT molecular complexity index is 269. The molecule has 1 aromatic rings. The van der Waals surface area contributed by atoms with Gasteiger partial charge in [-0.15, -0.1) is 0 Å². The summed E-state index contributed by atoms with van der Waals surface area (Å²) in [5.74, 6) is 1.16. The van der Waals surface area contributed by atoms with Gasteiger partial charge in [0.05, 0.1) is 6.54 Å². The van der Waals surface area contributed by atoms with Crippen molar-refractivity contribution in [2.24, 2.45) is 0 Å². The van der Waals surface area contributed by atoms with Crippen LogP contribution < -0.4 is 0 Å². The van der Waals surface area contributed by atoms with E-state index in [1.807, 2.05) is 6.20 Å². The van der Waals surface area contributed by atoms with Gasteiger partial charge in [0.25, 0.3) is 0 Å². The van der Waals surface area contributed by atoms with Gasteiger partial charge in [-0.3, -0.25) is 4.90 Å². The minimum atomic E-state index is 0.947. The van der Waals surface area contributed by atoms with Crippen molar-refractivity contribution in [2.45, 2.75) is 13.1 Å². The summed E-state index contributed by atoms with van der Waals surface area (Å²) >= 11 is 3.36. The van der Waals surface area contributed by atoms with E-state index in [0.717, 1.165) is 30.1 Å². The van der Waals surface area contributed by atoms with Crippen molar-refractivity contribution in [1.29, 1.82) is 0 Å². The molecule has 60 valence electrons. The molecule has 0 saturated heterocycles. The van der Waals surface area contributed by atoms with Crippen LogP contribution in [0.4, 0.5) is 0 Å². The molecule has 0 atom stereocenters. The van der Waals surface area contributed by atoms with Crippen LogP contribution in [0.25, 0.3) is 0 Å². The third-order valence-corrected chi connectivity index (χ3v) is 2.35. The lowest BCUT2D eigenvalue weighted by Gasteiger charge is -2.22. The van der Waals surface area contributed by atoms with E-state index in [4.69, 9.17) is 0 Å². The van der Waals surface area contributed by atoms with Crippen molar-refractivity contribution in [2.75, 3.05) is 13.6 Å². The number of fused-ring (bicyclic) bond motifs is 1. The number of nitrogens with zero attached hydrogens (tertiary/aromatic N) is 3. The third-order valence-electron chi connectivity index (χ3n) is 1.96. The molecule has 0 amide bonds. The zero-order chi connectivity index (χ0) is 7.84. The Morgan fingerprint density at radius 2 is 2.36 bits per heavy atom. The summed E-state index contributed by atoms with van der Waals surface area (Å²) in [6.45, 7) is 3.14. The summed E-state index contributed by atoms with van der Waals surface area (Å²) in [6, 6.07) is 0. The Labute approximate surface area is 74.2 Å². The van der Waals surface area contributed by atoms with Gasteiger partial charge in [0, 0.05) is 19.3 Å². The second kappa shape index (κ2) is 2.60.